The van der Waals surface area contributed by atoms with Gasteiger partial charge in [0.15, 0.2) is 5.78 Å². The minimum Gasteiger partial charge on any atom is -0.301 e. The van der Waals surface area contributed by atoms with Crippen LogP contribution in [0.3, 0.4) is 0 Å². The molecule has 1 aromatic carbocycles. The average molecular weight is 252 g/mol. The number of hydrogen-bond donors (Lipinski definition) is 1. The summed E-state index contributed by atoms with van der Waals surface area (Å²) in [6.07, 6.45) is 3.57. The molecule has 17 heavy (non-hydrogen) atoms. The molecular weight excluding hydrogens is 234 g/mol. The monoisotopic (exact) mass is 251 g/mol. The van der Waals surface area contributed by atoms with Crippen molar-refractivity contribution in [1.29, 1.82) is 0 Å². The van der Waals surface area contributed by atoms with Gasteiger partial charge in [0, 0.05) is 11.4 Å². The third-order valence-corrected chi connectivity index (χ3v) is 3.82. The molecule has 0 amide bonds. The first-order chi connectivity index (χ1) is 8.20. The molecule has 1 atom stereocenters. The first kappa shape index (κ1) is 12.6. The highest BCUT2D eigenvalue weighted by Crippen LogP contribution is 2.37. The Kier molecular flexibility index (Phi) is 3.85. The van der Waals surface area contributed by atoms with Crippen molar-refractivity contribution in [3.63, 3.8) is 0 Å². The molecule has 2 nitrogen and oxygen atoms in total. The number of Topliss-reactive ketones (excluding diaryl/α,β-unsaturated/α-hetero) is 1. The zero-order valence-electron chi connectivity index (χ0n) is 10.1. The molecule has 0 radical (unpaired) electrons. The van der Waals surface area contributed by atoms with Crippen LogP contribution in [-0.2, 0) is 10.3 Å². The lowest BCUT2D eigenvalue weighted by molar-refractivity contribution is -0.128. The summed E-state index contributed by atoms with van der Waals surface area (Å²) in [5.74, 6) is 0.277. The highest BCUT2D eigenvalue weighted by molar-refractivity contribution is 6.31. The summed E-state index contributed by atoms with van der Waals surface area (Å²) in [5, 5.41) is 4.05. The van der Waals surface area contributed by atoms with E-state index in [-0.39, 0.29) is 5.78 Å². The van der Waals surface area contributed by atoms with Gasteiger partial charge in [-0.2, -0.15) is 0 Å². The van der Waals surface area contributed by atoms with Crippen LogP contribution in [0.1, 0.15) is 38.2 Å². The van der Waals surface area contributed by atoms with Crippen LogP contribution in [0.15, 0.2) is 24.3 Å². The van der Waals surface area contributed by atoms with Crippen molar-refractivity contribution in [3.8, 4) is 0 Å². The molecule has 1 aromatic rings. The molecule has 0 spiro atoms. The van der Waals surface area contributed by atoms with Crippen molar-refractivity contribution < 1.29 is 4.79 Å². The van der Waals surface area contributed by atoms with Crippen LogP contribution in [0.4, 0.5) is 0 Å². The predicted molar refractivity (Wildman–Crippen MR) is 70.3 cm³/mol. The van der Waals surface area contributed by atoms with Crippen LogP contribution >= 0.6 is 11.6 Å². The highest BCUT2D eigenvalue weighted by Gasteiger charge is 2.41. The van der Waals surface area contributed by atoms with Gasteiger partial charge in [-0.1, -0.05) is 43.1 Å². The molecule has 92 valence electrons. The van der Waals surface area contributed by atoms with Crippen LogP contribution < -0.4 is 5.32 Å². The molecule has 1 aliphatic carbocycles. The zero-order chi connectivity index (χ0) is 12.3. The van der Waals surface area contributed by atoms with E-state index in [4.69, 9.17) is 11.6 Å². The van der Waals surface area contributed by atoms with Gasteiger partial charge in [-0.3, -0.25) is 4.79 Å². The molecule has 0 unspecified atom stereocenters. The van der Waals surface area contributed by atoms with Crippen molar-refractivity contribution in [1.82, 2.24) is 5.32 Å². The summed E-state index contributed by atoms with van der Waals surface area (Å²) < 4.78 is 0. The maximum absolute atomic E-state index is 12.3. The lowest BCUT2D eigenvalue weighted by Gasteiger charge is -2.37. The van der Waals surface area contributed by atoms with Gasteiger partial charge in [0.2, 0.25) is 0 Å². The summed E-state index contributed by atoms with van der Waals surface area (Å²) in [4.78, 5) is 12.3. The summed E-state index contributed by atoms with van der Waals surface area (Å²) >= 11 is 6.26. The van der Waals surface area contributed by atoms with Crippen molar-refractivity contribution in [3.05, 3.63) is 34.9 Å². The van der Waals surface area contributed by atoms with E-state index in [1.807, 2.05) is 31.2 Å². The fourth-order valence-corrected chi connectivity index (χ4v) is 3.00. The summed E-state index contributed by atoms with van der Waals surface area (Å²) in [6.45, 7) is 2.80. The smallest absolute Gasteiger partial charge is 0.157 e. The largest absolute Gasteiger partial charge is 0.301 e. The van der Waals surface area contributed by atoms with Crippen LogP contribution in [0.5, 0.6) is 0 Å². The second kappa shape index (κ2) is 5.19. The van der Waals surface area contributed by atoms with Crippen LogP contribution in [0.25, 0.3) is 0 Å². The number of carbonyl (C=O) groups is 1. The van der Waals surface area contributed by atoms with Crippen molar-refractivity contribution in [2.24, 2.45) is 0 Å². The molecule has 3 heteroatoms. The van der Waals surface area contributed by atoms with E-state index in [9.17, 15) is 4.79 Å². The lowest BCUT2D eigenvalue weighted by Crippen LogP contribution is -2.51. The Balaban J connectivity index is 2.47. The maximum atomic E-state index is 12.3. The van der Waals surface area contributed by atoms with E-state index in [1.165, 1.54) is 0 Å². The zero-order valence-corrected chi connectivity index (χ0v) is 10.9. The second-order valence-corrected chi connectivity index (χ2v) is 4.95. The Morgan fingerprint density at radius 3 is 2.76 bits per heavy atom. The Labute approximate surface area is 107 Å². The summed E-state index contributed by atoms with van der Waals surface area (Å²) in [6, 6.07) is 7.67. The molecule has 1 aliphatic rings. The Morgan fingerprint density at radius 1 is 1.35 bits per heavy atom. The molecule has 0 aliphatic heterocycles. The molecule has 2 rings (SSSR count). The second-order valence-electron chi connectivity index (χ2n) is 4.55. The minimum absolute atomic E-state index is 0.277. The topological polar surface area (TPSA) is 29.1 Å². The van der Waals surface area contributed by atoms with E-state index in [1.54, 1.807) is 0 Å². The Morgan fingerprint density at radius 2 is 2.12 bits per heavy atom. The quantitative estimate of drug-likeness (QED) is 0.893. The van der Waals surface area contributed by atoms with Gasteiger partial charge >= 0.3 is 0 Å². The molecule has 0 heterocycles. The van der Waals surface area contributed by atoms with Gasteiger partial charge in [0.25, 0.3) is 0 Å². The summed E-state index contributed by atoms with van der Waals surface area (Å²) in [5.41, 5.74) is 0.388. The molecule has 1 N–H and O–H groups in total. The minimum atomic E-state index is -0.550. The van der Waals surface area contributed by atoms with Crippen LogP contribution in [0, 0.1) is 0 Å². The number of likely N-dealkylation sites (N-methyl/N-ethyl adjacent to an activating group) is 1. The normalized spacial score (nSPS) is 24.9. The molecule has 1 fully saturated rings. The fourth-order valence-electron chi connectivity index (χ4n) is 2.70. The van der Waals surface area contributed by atoms with Crippen LogP contribution in [-0.4, -0.2) is 12.3 Å². The van der Waals surface area contributed by atoms with E-state index in [2.05, 4.69) is 5.32 Å². The van der Waals surface area contributed by atoms with Crippen molar-refractivity contribution in [2.75, 3.05) is 6.54 Å². The van der Waals surface area contributed by atoms with Gasteiger partial charge < -0.3 is 5.32 Å². The predicted octanol–water partition coefficient (Wildman–Crippen LogP) is 3.29. The van der Waals surface area contributed by atoms with Crippen molar-refractivity contribution >= 4 is 17.4 Å². The van der Waals surface area contributed by atoms with E-state index in [0.29, 0.717) is 11.4 Å². The Hall–Kier alpha value is -0.860. The highest BCUT2D eigenvalue weighted by atomic mass is 35.5. The average Bonchev–Trinajstić information content (AvgIpc) is 2.33. The first-order valence-corrected chi connectivity index (χ1v) is 6.62. The van der Waals surface area contributed by atoms with Gasteiger partial charge in [-0.05, 0) is 31.0 Å². The number of ketones is 1. The number of benzene rings is 1. The third kappa shape index (κ3) is 2.24. The molecular formula is C14H18ClNO. The van der Waals surface area contributed by atoms with Gasteiger partial charge in [0.1, 0.15) is 5.54 Å². The fraction of sp³-hybridized carbons (Fsp3) is 0.500. The van der Waals surface area contributed by atoms with Crippen LogP contribution in [0.2, 0.25) is 5.02 Å². The first-order valence-electron chi connectivity index (χ1n) is 6.24. The SMILES string of the molecule is CCN[C@@]1(c2ccccc2Cl)CCCCC1=O. The standard InChI is InChI=1S/C14H18ClNO/c1-2-16-14(10-6-5-9-13(14)17)11-7-3-4-8-12(11)15/h3-4,7-8,16H,2,5-6,9-10H2,1H3/t14-/m1/s1. The third-order valence-electron chi connectivity index (χ3n) is 3.49. The van der Waals surface area contributed by atoms with E-state index >= 15 is 0 Å². The molecule has 0 saturated heterocycles. The molecule has 0 aromatic heterocycles. The van der Waals surface area contributed by atoms with Crippen molar-refractivity contribution in [2.45, 2.75) is 38.1 Å². The number of hydrogen-bond acceptors (Lipinski definition) is 2. The van der Waals surface area contributed by atoms with E-state index < -0.39 is 5.54 Å². The van der Waals surface area contributed by atoms with E-state index in [0.717, 1.165) is 31.4 Å². The number of nitrogens with one attached hydrogen (secondary N) is 1. The molecule has 0 bridgehead atoms. The number of rotatable bonds is 3. The lowest BCUT2D eigenvalue weighted by atomic mass is 9.75. The van der Waals surface area contributed by atoms with Gasteiger partial charge in [0.05, 0.1) is 0 Å². The van der Waals surface area contributed by atoms with Gasteiger partial charge in [-0.25, -0.2) is 0 Å². The number of halogens is 1. The summed E-state index contributed by atoms with van der Waals surface area (Å²) in [7, 11) is 0. The molecule has 1 saturated carbocycles. The Bertz CT molecular complexity index is 414. The maximum Gasteiger partial charge on any atom is 0.157 e. The van der Waals surface area contributed by atoms with Gasteiger partial charge in [-0.15, -0.1) is 0 Å². The number of carbonyl (C=O) groups excluding carboxylic acids is 1.